The molecule has 1 fully saturated rings. The minimum atomic E-state index is -0.422. The van der Waals surface area contributed by atoms with E-state index in [0.29, 0.717) is 12.2 Å². The van der Waals surface area contributed by atoms with Crippen molar-refractivity contribution in [2.24, 2.45) is 0 Å². The van der Waals surface area contributed by atoms with Crippen LogP contribution in [0.25, 0.3) is 0 Å². The molecule has 0 aliphatic heterocycles. The second-order valence-electron chi connectivity index (χ2n) is 5.68. The quantitative estimate of drug-likeness (QED) is 0.491. The molecule has 1 aliphatic rings. The van der Waals surface area contributed by atoms with Gasteiger partial charge in [-0.05, 0) is 39.1 Å². The highest BCUT2D eigenvalue weighted by Gasteiger charge is 2.36. The highest BCUT2D eigenvalue weighted by Crippen LogP contribution is 2.36. The van der Waals surface area contributed by atoms with Crippen LogP contribution < -0.4 is 11.1 Å². The minimum Gasteiger partial charge on any atom is -0.393 e. The number of nitrogens with one attached hydrogen (secondary N) is 1. The van der Waals surface area contributed by atoms with Crippen molar-refractivity contribution in [2.45, 2.75) is 31.2 Å². The number of likely N-dealkylation sites (N-methyl/N-ethyl adjacent to an activating group) is 1. The predicted octanol–water partition coefficient (Wildman–Crippen LogP) is 2.46. The van der Waals surface area contributed by atoms with Gasteiger partial charge >= 0.3 is 5.69 Å². The normalized spacial score (nSPS) is 17.4. The Morgan fingerprint density at radius 3 is 2.60 bits per heavy atom. The third-order valence-electron chi connectivity index (χ3n) is 4.34. The fourth-order valence-electron chi connectivity index (χ4n) is 2.98. The zero-order valence-corrected chi connectivity index (χ0v) is 12.1. The van der Waals surface area contributed by atoms with E-state index in [1.807, 2.05) is 0 Å². The van der Waals surface area contributed by atoms with Crippen LogP contribution in [0, 0.1) is 10.1 Å². The van der Waals surface area contributed by atoms with Gasteiger partial charge in [0, 0.05) is 12.1 Å². The number of benzene rings is 1. The Labute approximate surface area is 119 Å². The number of nitro benzene ring substituents is 1. The first-order chi connectivity index (χ1) is 9.46. The zero-order chi connectivity index (χ0) is 14.8. The van der Waals surface area contributed by atoms with Gasteiger partial charge in [-0.25, -0.2) is 0 Å². The van der Waals surface area contributed by atoms with Crippen molar-refractivity contribution in [2.75, 3.05) is 31.7 Å². The smallest absolute Gasteiger partial charge is 0.314 e. The SMILES string of the molecule is CN(C)C1(CNc2cccc(N)c2[N+](=O)[O-])CCCC1. The molecule has 6 heteroatoms. The van der Waals surface area contributed by atoms with Crippen LogP contribution in [-0.4, -0.2) is 36.0 Å². The molecule has 6 nitrogen and oxygen atoms in total. The van der Waals surface area contributed by atoms with Crippen molar-refractivity contribution in [1.29, 1.82) is 0 Å². The van der Waals surface area contributed by atoms with Crippen LogP contribution in [0.4, 0.5) is 17.1 Å². The maximum Gasteiger partial charge on any atom is 0.314 e. The van der Waals surface area contributed by atoms with Gasteiger partial charge in [-0.15, -0.1) is 0 Å². The van der Waals surface area contributed by atoms with Gasteiger partial charge in [0.25, 0.3) is 0 Å². The van der Waals surface area contributed by atoms with E-state index in [0.717, 1.165) is 12.8 Å². The van der Waals surface area contributed by atoms with Gasteiger partial charge in [-0.3, -0.25) is 10.1 Å². The van der Waals surface area contributed by atoms with Crippen LogP contribution in [0.15, 0.2) is 18.2 Å². The maximum absolute atomic E-state index is 11.1. The molecule has 0 amide bonds. The molecule has 0 radical (unpaired) electrons. The third kappa shape index (κ3) is 2.70. The van der Waals surface area contributed by atoms with E-state index in [9.17, 15) is 10.1 Å². The molecule has 1 aromatic carbocycles. The highest BCUT2D eigenvalue weighted by atomic mass is 16.6. The van der Waals surface area contributed by atoms with E-state index < -0.39 is 4.92 Å². The third-order valence-corrected chi connectivity index (χ3v) is 4.34. The summed E-state index contributed by atoms with van der Waals surface area (Å²) in [6, 6.07) is 5.01. The van der Waals surface area contributed by atoms with Gasteiger partial charge < -0.3 is 16.0 Å². The van der Waals surface area contributed by atoms with Crippen molar-refractivity contribution in [3.63, 3.8) is 0 Å². The average Bonchev–Trinajstić information content (AvgIpc) is 2.86. The maximum atomic E-state index is 11.1. The standard InChI is InChI=1S/C14H22N4O2/c1-17(2)14(8-3-4-9-14)10-16-12-7-5-6-11(15)13(12)18(19)20/h5-7,16H,3-4,8-10,15H2,1-2H3. The fraction of sp³-hybridized carbons (Fsp3) is 0.571. The summed E-state index contributed by atoms with van der Waals surface area (Å²) in [7, 11) is 4.14. The van der Waals surface area contributed by atoms with Crippen molar-refractivity contribution < 1.29 is 4.92 Å². The minimum absolute atomic E-state index is 0.0283. The lowest BCUT2D eigenvalue weighted by Crippen LogP contribution is -2.47. The first kappa shape index (κ1) is 14.6. The lowest BCUT2D eigenvalue weighted by atomic mass is 9.96. The monoisotopic (exact) mass is 278 g/mol. The summed E-state index contributed by atoms with van der Waals surface area (Å²) in [6.07, 6.45) is 4.64. The zero-order valence-electron chi connectivity index (χ0n) is 12.1. The number of para-hydroxylation sites is 1. The molecule has 2 rings (SSSR count). The van der Waals surface area contributed by atoms with Gasteiger partial charge in [0.15, 0.2) is 0 Å². The predicted molar refractivity (Wildman–Crippen MR) is 80.9 cm³/mol. The molecule has 0 aromatic heterocycles. The van der Waals surface area contributed by atoms with E-state index in [2.05, 4.69) is 24.3 Å². The first-order valence-electron chi connectivity index (χ1n) is 6.90. The second kappa shape index (κ2) is 5.66. The van der Waals surface area contributed by atoms with E-state index in [1.165, 1.54) is 12.8 Å². The number of hydrogen-bond acceptors (Lipinski definition) is 5. The summed E-state index contributed by atoms with van der Waals surface area (Å²) < 4.78 is 0. The summed E-state index contributed by atoms with van der Waals surface area (Å²) in [5, 5.41) is 14.4. The van der Waals surface area contributed by atoms with Gasteiger partial charge in [-0.1, -0.05) is 18.9 Å². The van der Waals surface area contributed by atoms with Gasteiger partial charge in [-0.2, -0.15) is 0 Å². The summed E-state index contributed by atoms with van der Waals surface area (Å²) in [6.45, 7) is 0.699. The average molecular weight is 278 g/mol. The van der Waals surface area contributed by atoms with Crippen LogP contribution in [0.5, 0.6) is 0 Å². The number of nitrogen functional groups attached to an aromatic ring is 1. The highest BCUT2D eigenvalue weighted by molar-refractivity contribution is 5.74. The first-order valence-corrected chi connectivity index (χ1v) is 6.90. The van der Waals surface area contributed by atoms with Gasteiger partial charge in [0.2, 0.25) is 0 Å². The number of nitrogens with zero attached hydrogens (tertiary/aromatic N) is 2. The second-order valence-corrected chi connectivity index (χ2v) is 5.68. The Hall–Kier alpha value is -1.82. The Morgan fingerprint density at radius 1 is 1.40 bits per heavy atom. The molecule has 1 saturated carbocycles. The van der Waals surface area contributed by atoms with Crippen molar-refractivity contribution in [1.82, 2.24) is 4.90 Å². The number of anilines is 2. The van der Waals surface area contributed by atoms with Crippen LogP contribution in [0.1, 0.15) is 25.7 Å². The summed E-state index contributed by atoms with van der Waals surface area (Å²) in [5.74, 6) is 0. The lowest BCUT2D eigenvalue weighted by molar-refractivity contribution is -0.383. The van der Waals surface area contributed by atoms with Crippen molar-refractivity contribution >= 4 is 17.1 Å². The number of hydrogen-bond donors (Lipinski definition) is 2. The Kier molecular flexibility index (Phi) is 4.13. The fourth-order valence-corrected chi connectivity index (χ4v) is 2.98. The molecule has 0 spiro atoms. The van der Waals surface area contributed by atoms with E-state index >= 15 is 0 Å². The Bertz CT molecular complexity index is 496. The topological polar surface area (TPSA) is 84.4 Å². The summed E-state index contributed by atoms with van der Waals surface area (Å²) in [4.78, 5) is 12.9. The largest absolute Gasteiger partial charge is 0.393 e. The van der Waals surface area contributed by atoms with Crippen LogP contribution in [-0.2, 0) is 0 Å². The molecule has 1 aliphatic carbocycles. The Morgan fingerprint density at radius 2 is 2.05 bits per heavy atom. The van der Waals surface area contributed by atoms with Crippen molar-refractivity contribution in [3.8, 4) is 0 Å². The lowest BCUT2D eigenvalue weighted by Gasteiger charge is -2.36. The summed E-state index contributed by atoms with van der Waals surface area (Å²) in [5.41, 5.74) is 6.46. The van der Waals surface area contributed by atoms with E-state index in [-0.39, 0.29) is 16.9 Å². The van der Waals surface area contributed by atoms with E-state index in [4.69, 9.17) is 5.73 Å². The molecule has 1 aromatic rings. The van der Waals surface area contributed by atoms with E-state index in [1.54, 1.807) is 18.2 Å². The molecule has 110 valence electrons. The molecule has 0 saturated heterocycles. The van der Waals surface area contributed by atoms with Crippen LogP contribution in [0.3, 0.4) is 0 Å². The molecular formula is C14H22N4O2. The molecular weight excluding hydrogens is 256 g/mol. The Balaban J connectivity index is 2.19. The number of nitro groups is 1. The van der Waals surface area contributed by atoms with Crippen LogP contribution in [0.2, 0.25) is 0 Å². The molecule has 0 bridgehead atoms. The molecule has 0 atom stereocenters. The molecule has 0 unspecified atom stereocenters. The molecule has 3 N–H and O–H groups in total. The number of nitrogens with two attached hydrogens (primary N) is 1. The van der Waals surface area contributed by atoms with Crippen LogP contribution >= 0.6 is 0 Å². The van der Waals surface area contributed by atoms with Crippen molar-refractivity contribution in [3.05, 3.63) is 28.3 Å². The van der Waals surface area contributed by atoms with Gasteiger partial charge in [0.1, 0.15) is 11.4 Å². The van der Waals surface area contributed by atoms with Gasteiger partial charge in [0.05, 0.1) is 4.92 Å². The number of rotatable bonds is 5. The molecule has 20 heavy (non-hydrogen) atoms. The summed E-state index contributed by atoms with van der Waals surface area (Å²) >= 11 is 0. The molecule has 0 heterocycles.